The maximum atomic E-state index is 11.2. The molecule has 1 amide bonds. The smallest absolute Gasteiger partial charge is 0.328 e. The van der Waals surface area contributed by atoms with Crippen molar-refractivity contribution in [3.8, 4) is 0 Å². The summed E-state index contributed by atoms with van der Waals surface area (Å²) in [5, 5.41) is -0.574. The minimum absolute atomic E-state index is 0.381. The Labute approximate surface area is 81.8 Å². The summed E-state index contributed by atoms with van der Waals surface area (Å²) in [6.45, 7) is 0.544. The Bertz CT molecular complexity index is 219. The fourth-order valence-electron chi connectivity index (χ4n) is 1.52. The van der Waals surface area contributed by atoms with Gasteiger partial charge in [0.2, 0.25) is 0 Å². The molecule has 1 atom stereocenters. The van der Waals surface area contributed by atoms with Crippen LogP contribution in [0.5, 0.6) is 0 Å². The summed E-state index contributed by atoms with van der Waals surface area (Å²) in [4.78, 5) is 23.5. The summed E-state index contributed by atoms with van der Waals surface area (Å²) in [6.07, 6.45) is 2.47. The average molecular weight is 206 g/mol. The number of likely N-dealkylation sites (tertiary alicyclic amines) is 1. The zero-order valence-electron chi connectivity index (χ0n) is 7.46. The molecule has 0 aromatic carbocycles. The molecule has 5 heteroatoms. The van der Waals surface area contributed by atoms with Gasteiger partial charge < -0.3 is 9.64 Å². The monoisotopic (exact) mass is 205 g/mol. The maximum Gasteiger partial charge on any atom is 0.328 e. The second-order valence-electron chi connectivity index (χ2n) is 2.98. The third-order valence-electron chi connectivity index (χ3n) is 2.20. The summed E-state index contributed by atoms with van der Waals surface area (Å²) in [7, 11) is 1.31. The summed E-state index contributed by atoms with van der Waals surface area (Å²) in [5.41, 5.74) is 0. The molecule has 1 aliphatic heterocycles. The number of rotatable bonds is 1. The van der Waals surface area contributed by atoms with E-state index in [4.69, 9.17) is 11.6 Å². The van der Waals surface area contributed by atoms with E-state index >= 15 is 0 Å². The van der Waals surface area contributed by atoms with Gasteiger partial charge in [0, 0.05) is 6.54 Å². The summed E-state index contributed by atoms with van der Waals surface area (Å²) in [5.74, 6) is -0.381. The van der Waals surface area contributed by atoms with Crippen LogP contribution in [0.1, 0.15) is 19.3 Å². The van der Waals surface area contributed by atoms with Crippen molar-refractivity contribution in [2.75, 3.05) is 13.7 Å². The number of ether oxygens (including phenoxy) is 1. The Morgan fingerprint density at radius 3 is 2.69 bits per heavy atom. The molecule has 0 aromatic rings. The Morgan fingerprint density at radius 2 is 2.15 bits per heavy atom. The van der Waals surface area contributed by atoms with E-state index in [0.717, 1.165) is 12.8 Å². The van der Waals surface area contributed by atoms with Crippen molar-refractivity contribution in [1.82, 2.24) is 4.90 Å². The van der Waals surface area contributed by atoms with Crippen molar-refractivity contribution in [3.05, 3.63) is 0 Å². The lowest BCUT2D eigenvalue weighted by atomic mass is 10.0. The molecule has 0 saturated carbocycles. The van der Waals surface area contributed by atoms with Crippen molar-refractivity contribution in [3.63, 3.8) is 0 Å². The Kier molecular flexibility index (Phi) is 3.54. The minimum atomic E-state index is -0.574. The molecule has 0 unspecified atom stereocenters. The molecule has 1 fully saturated rings. The molecule has 1 rings (SSSR count). The largest absolute Gasteiger partial charge is 0.467 e. The van der Waals surface area contributed by atoms with Crippen LogP contribution in [0.3, 0.4) is 0 Å². The van der Waals surface area contributed by atoms with E-state index in [0.29, 0.717) is 13.0 Å². The van der Waals surface area contributed by atoms with Gasteiger partial charge in [-0.15, -0.1) is 0 Å². The van der Waals surface area contributed by atoms with E-state index in [2.05, 4.69) is 4.74 Å². The molecule has 0 radical (unpaired) electrons. The summed E-state index contributed by atoms with van der Waals surface area (Å²) >= 11 is 5.33. The van der Waals surface area contributed by atoms with E-state index in [-0.39, 0.29) is 5.97 Å². The standard InChI is InChI=1S/C8H12ClNO3/c1-13-7(11)6-4-2-3-5-10(6)8(9)12/h6H,2-5H2,1H3/t6-/m0/s1. The van der Waals surface area contributed by atoms with Crippen LogP contribution in [-0.4, -0.2) is 35.9 Å². The second-order valence-corrected chi connectivity index (χ2v) is 3.30. The lowest BCUT2D eigenvalue weighted by Gasteiger charge is -2.31. The second kappa shape index (κ2) is 4.46. The first-order valence-electron chi connectivity index (χ1n) is 4.20. The van der Waals surface area contributed by atoms with Crippen LogP contribution in [0.4, 0.5) is 4.79 Å². The third kappa shape index (κ3) is 2.34. The molecule has 0 aliphatic carbocycles. The Balaban J connectivity index is 2.67. The van der Waals surface area contributed by atoms with Gasteiger partial charge in [0.1, 0.15) is 6.04 Å². The molecule has 74 valence electrons. The van der Waals surface area contributed by atoms with E-state index in [9.17, 15) is 9.59 Å². The summed E-state index contributed by atoms with van der Waals surface area (Å²) < 4.78 is 4.58. The van der Waals surface area contributed by atoms with Gasteiger partial charge >= 0.3 is 11.3 Å². The molecule has 0 aromatic heterocycles. The molecule has 1 heterocycles. The number of hydrogen-bond donors (Lipinski definition) is 0. The van der Waals surface area contributed by atoms with Crippen LogP contribution >= 0.6 is 11.6 Å². The molecule has 0 N–H and O–H groups in total. The van der Waals surface area contributed by atoms with Crippen LogP contribution in [-0.2, 0) is 9.53 Å². The minimum Gasteiger partial charge on any atom is -0.467 e. The molecular formula is C8H12ClNO3. The SMILES string of the molecule is COC(=O)[C@@H]1CCCCN1C(=O)Cl. The van der Waals surface area contributed by atoms with Gasteiger partial charge in [0.05, 0.1) is 7.11 Å². The highest BCUT2D eigenvalue weighted by atomic mass is 35.5. The van der Waals surface area contributed by atoms with Crippen molar-refractivity contribution < 1.29 is 14.3 Å². The molecule has 0 bridgehead atoms. The number of piperidine rings is 1. The van der Waals surface area contributed by atoms with E-state index < -0.39 is 11.4 Å². The predicted molar refractivity (Wildman–Crippen MR) is 47.6 cm³/mol. The first-order chi connectivity index (χ1) is 6.16. The highest BCUT2D eigenvalue weighted by Gasteiger charge is 2.31. The molecule has 0 spiro atoms. The molecule has 1 saturated heterocycles. The van der Waals surface area contributed by atoms with Crippen LogP contribution < -0.4 is 0 Å². The molecule has 1 aliphatic rings. The van der Waals surface area contributed by atoms with Crippen LogP contribution in [0.25, 0.3) is 0 Å². The van der Waals surface area contributed by atoms with Crippen molar-refractivity contribution in [1.29, 1.82) is 0 Å². The van der Waals surface area contributed by atoms with E-state index in [1.165, 1.54) is 12.0 Å². The number of nitrogens with zero attached hydrogens (tertiary/aromatic N) is 1. The predicted octanol–water partition coefficient (Wildman–Crippen LogP) is 1.37. The fourth-order valence-corrected chi connectivity index (χ4v) is 1.73. The van der Waals surface area contributed by atoms with Crippen molar-refractivity contribution >= 4 is 22.9 Å². The first kappa shape index (κ1) is 10.3. The highest BCUT2D eigenvalue weighted by Crippen LogP contribution is 2.19. The van der Waals surface area contributed by atoms with Crippen LogP contribution in [0.2, 0.25) is 0 Å². The average Bonchev–Trinajstić information content (AvgIpc) is 2.16. The highest BCUT2D eigenvalue weighted by molar-refractivity contribution is 6.63. The van der Waals surface area contributed by atoms with Gasteiger partial charge in [0.15, 0.2) is 0 Å². The molecule has 13 heavy (non-hydrogen) atoms. The Hall–Kier alpha value is -0.770. The van der Waals surface area contributed by atoms with Gasteiger partial charge in [-0.25, -0.2) is 4.79 Å². The number of methoxy groups -OCH3 is 1. The Morgan fingerprint density at radius 1 is 1.46 bits per heavy atom. The quantitative estimate of drug-likeness (QED) is 0.369. The van der Waals surface area contributed by atoms with Crippen LogP contribution in [0.15, 0.2) is 0 Å². The number of esters is 1. The zero-order chi connectivity index (χ0) is 9.84. The number of carbonyl (C=O) groups excluding carboxylic acids is 2. The number of hydrogen-bond acceptors (Lipinski definition) is 3. The summed E-state index contributed by atoms with van der Waals surface area (Å²) in [6, 6.07) is -0.483. The normalized spacial score (nSPS) is 22.6. The van der Waals surface area contributed by atoms with Gasteiger partial charge in [-0.1, -0.05) is 0 Å². The van der Waals surface area contributed by atoms with Gasteiger partial charge in [-0.05, 0) is 30.9 Å². The lowest BCUT2D eigenvalue weighted by molar-refractivity contribution is -0.146. The van der Waals surface area contributed by atoms with Gasteiger partial charge in [-0.2, -0.15) is 0 Å². The zero-order valence-corrected chi connectivity index (χ0v) is 8.21. The topological polar surface area (TPSA) is 46.6 Å². The fraction of sp³-hybridized carbons (Fsp3) is 0.750. The number of carbonyl (C=O) groups is 2. The number of halogens is 1. The maximum absolute atomic E-state index is 11.2. The lowest BCUT2D eigenvalue weighted by Crippen LogP contribution is -2.46. The molecule has 4 nitrogen and oxygen atoms in total. The molecular weight excluding hydrogens is 194 g/mol. The van der Waals surface area contributed by atoms with Crippen molar-refractivity contribution in [2.24, 2.45) is 0 Å². The van der Waals surface area contributed by atoms with Gasteiger partial charge in [0.25, 0.3) is 0 Å². The van der Waals surface area contributed by atoms with E-state index in [1.807, 2.05) is 0 Å². The van der Waals surface area contributed by atoms with Crippen molar-refractivity contribution in [2.45, 2.75) is 25.3 Å². The third-order valence-corrected chi connectivity index (χ3v) is 2.42. The van der Waals surface area contributed by atoms with Gasteiger partial charge in [-0.3, -0.25) is 4.79 Å². The first-order valence-corrected chi connectivity index (χ1v) is 4.58. The number of amides is 1. The van der Waals surface area contributed by atoms with Crippen LogP contribution in [0, 0.1) is 0 Å². The van der Waals surface area contributed by atoms with E-state index in [1.54, 1.807) is 0 Å².